The van der Waals surface area contributed by atoms with Gasteiger partial charge in [0.25, 0.3) is 0 Å². The highest BCUT2D eigenvalue weighted by molar-refractivity contribution is 7.99. The molecule has 174 valence electrons. The molecular formula is C25H22ClFN4O2S. The molecule has 0 bridgehead atoms. The van der Waals surface area contributed by atoms with E-state index < -0.39 is 5.82 Å². The number of para-hydroxylation sites is 2. The molecule has 4 aromatic rings. The van der Waals surface area contributed by atoms with Gasteiger partial charge in [-0.3, -0.25) is 9.36 Å². The number of carbonyl (C=O) groups is 1. The highest BCUT2D eigenvalue weighted by atomic mass is 35.5. The van der Waals surface area contributed by atoms with Crippen molar-refractivity contribution in [2.45, 2.75) is 25.6 Å². The SMILES string of the molecule is Cc1cccc(C)c1OCc1nnc(SCC(=O)Nc2ccc(F)c(Cl)c2)n1-c1ccccc1. The molecule has 1 aromatic heterocycles. The average Bonchev–Trinajstić information content (AvgIpc) is 3.23. The summed E-state index contributed by atoms with van der Waals surface area (Å²) in [5.74, 6) is 0.695. The predicted molar refractivity (Wildman–Crippen MR) is 132 cm³/mol. The van der Waals surface area contributed by atoms with Crippen molar-refractivity contribution in [3.63, 3.8) is 0 Å². The molecule has 0 aliphatic rings. The summed E-state index contributed by atoms with van der Waals surface area (Å²) in [7, 11) is 0. The van der Waals surface area contributed by atoms with E-state index in [1.807, 2.05) is 66.9 Å². The quantitative estimate of drug-likeness (QED) is 0.303. The van der Waals surface area contributed by atoms with Gasteiger partial charge in [0.05, 0.1) is 10.8 Å². The number of nitrogens with one attached hydrogen (secondary N) is 1. The number of nitrogens with zero attached hydrogens (tertiary/aromatic N) is 3. The molecular weight excluding hydrogens is 475 g/mol. The van der Waals surface area contributed by atoms with E-state index in [9.17, 15) is 9.18 Å². The zero-order valence-corrected chi connectivity index (χ0v) is 20.2. The van der Waals surface area contributed by atoms with Crippen LogP contribution in [0.5, 0.6) is 5.75 Å². The van der Waals surface area contributed by atoms with Gasteiger partial charge in [-0.05, 0) is 55.3 Å². The third kappa shape index (κ3) is 5.58. The number of anilines is 1. The fourth-order valence-corrected chi connectivity index (χ4v) is 4.34. The molecule has 6 nitrogen and oxygen atoms in total. The van der Waals surface area contributed by atoms with Crippen LogP contribution in [0, 0.1) is 19.7 Å². The van der Waals surface area contributed by atoms with Crippen LogP contribution in [0.2, 0.25) is 5.02 Å². The van der Waals surface area contributed by atoms with Gasteiger partial charge in [0, 0.05) is 11.4 Å². The van der Waals surface area contributed by atoms with Crippen LogP contribution < -0.4 is 10.1 Å². The lowest BCUT2D eigenvalue weighted by molar-refractivity contribution is -0.113. The van der Waals surface area contributed by atoms with Crippen molar-refractivity contribution < 1.29 is 13.9 Å². The van der Waals surface area contributed by atoms with Crippen molar-refractivity contribution in [1.29, 1.82) is 0 Å². The highest BCUT2D eigenvalue weighted by Crippen LogP contribution is 2.26. The van der Waals surface area contributed by atoms with Crippen molar-refractivity contribution in [3.8, 4) is 11.4 Å². The van der Waals surface area contributed by atoms with Crippen LogP contribution in [0.15, 0.2) is 71.9 Å². The number of halogens is 2. The Morgan fingerprint density at radius 3 is 2.50 bits per heavy atom. The predicted octanol–water partition coefficient (Wildman–Crippen LogP) is 5.99. The second-order valence-electron chi connectivity index (χ2n) is 7.55. The molecule has 4 rings (SSSR count). The molecule has 0 aliphatic carbocycles. The van der Waals surface area contributed by atoms with Gasteiger partial charge in [0.2, 0.25) is 5.91 Å². The van der Waals surface area contributed by atoms with Gasteiger partial charge in [-0.2, -0.15) is 0 Å². The fraction of sp³-hybridized carbons (Fsp3) is 0.160. The van der Waals surface area contributed by atoms with Gasteiger partial charge in [0.1, 0.15) is 18.2 Å². The van der Waals surface area contributed by atoms with Crippen LogP contribution in [0.4, 0.5) is 10.1 Å². The number of aryl methyl sites for hydroxylation is 2. The molecule has 0 radical (unpaired) electrons. The van der Waals surface area contributed by atoms with Crippen molar-refractivity contribution >= 4 is 35.0 Å². The molecule has 0 saturated heterocycles. The largest absolute Gasteiger partial charge is 0.485 e. The molecule has 0 aliphatic heterocycles. The molecule has 0 unspecified atom stereocenters. The van der Waals surface area contributed by atoms with E-state index in [4.69, 9.17) is 16.3 Å². The molecule has 34 heavy (non-hydrogen) atoms. The monoisotopic (exact) mass is 496 g/mol. The Morgan fingerprint density at radius 2 is 1.79 bits per heavy atom. The number of amides is 1. The summed E-state index contributed by atoms with van der Waals surface area (Å²) in [6.45, 7) is 4.21. The van der Waals surface area contributed by atoms with Crippen molar-refractivity contribution in [1.82, 2.24) is 14.8 Å². The fourth-order valence-electron chi connectivity index (χ4n) is 3.39. The van der Waals surface area contributed by atoms with Crippen LogP contribution >= 0.6 is 23.4 Å². The number of ether oxygens (including phenoxy) is 1. The van der Waals surface area contributed by atoms with E-state index in [2.05, 4.69) is 15.5 Å². The van der Waals surface area contributed by atoms with Crippen LogP contribution in [-0.2, 0) is 11.4 Å². The molecule has 0 spiro atoms. The lowest BCUT2D eigenvalue weighted by atomic mass is 10.1. The number of hydrogen-bond acceptors (Lipinski definition) is 5. The Morgan fingerprint density at radius 1 is 1.06 bits per heavy atom. The summed E-state index contributed by atoms with van der Waals surface area (Å²) in [6.07, 6.45) is 0. The van der Waals surface area contributed by atoms with Gasteiger partial charge >= 0.3 is 0 Å². The Balaban J connectivity index is 1.51. The summed E-state index contributed by atoms with van der Waals surface area (Å²) >= 11 is 7.03. The van der Waals surface area contributed by atoms with Crippen LogP contribution in [0.1, 0.15) is 17.0 Å². The molecule has 9 heteroatoms. The molecule has 0 saturated carbocycles. The Labute approximate surface area is 206 Å². The zero-order chi connectivity index (χ0) is 24.1. The second-order valence-corrected chi connectivity index (χ2v) is 8.89. The first-order valence-electron chi connectivity index (χ1n) is 10.5. The maximum atomic E-state index is 13.4. The van der Waals surface area contributed by atoms with E-state index in [0.717, 1.165) is 22.6 Å². The number of hydrogen-bond donors (Lipinski definition) is 1. The first kappa shape index (κ1) is 23.8. The molecule has 3 aromatic carbocycles. The van der Waals surface area contributed by atoms with E-state index in [1.54, 1.807) is 0 Å². The summed E-state index contributed by atoms with van der Waals surface area (Å²) in [4.78, 5) is 12.5. The number of aromatic nitrogens is 3. The summed E-state index contributed by atoms with van der Waals surface area (Å²) in [6, 6.07) is 19.7. The number of benzene rings is 3. The van der Waals surface area contributed by atoms with Crippen LogP contribution in [-0.4, -0.2) is 26.4 Å². The van der Waals surface area contributed by atoms with Crippen molar-refractivity contribution in [2.75, 3.05) is 11.1 Å². The normalized spacial score (nSPS) is 10.8. The first-order valence-corrected chi connectivity index (χ1v) is 11.8. The highest BCUT2D eigenvalue weighted by Gasteiger charge is 2.17. The first-order chi connectivity index (χ1) is 16.4. The van der Waals surface area contributed by atoms with E-state index in [1.165, 1.54) is 30.0 Å². The maximum Gasteiger partial charge on any atom is 0.234 e. The van der Waals surface area contributed by atoms with Gasteiger partial charge in [-0.15, -0.1) is 10.2 Å². The molecule has 1 amide bonds. The van der Waals surface area contributed by atoms with E-state index in [0.29, 0.717) is 16.7 Å². The second kappa shape index (κ2) is 10.7. The number of thioether (sulfide) groups is 1. The molecule has 1 N–H and O–H groups in total. The minimum atomic E-state index is -0.541. The van der Waals surface area contributed by atoms with Gasteiger partial charge < -0.3 is 10.1 Å². The molecule has 0 atom stereocenters. The number of rotatable bonds is 8. The van der Waals surface area contributed by atoms with Gasteiger partial charge in [0.15, 0.2) is 11.0 Å². The third-order valence-corrected chi connectivity index (χ3v) is 6.22. The molecule has 1 heterocycles. The lowest BCUT2D eigenvalue weighted by Crippen LogP contribution is -2.15. The Hall–Kier alpha value is -3.36. The smallest absolute Gasteiger partial charge is 0.234 e. The van der Waals surface area contributed by atoms with Crippen molar-refractivity contribution in [3.05, 3.63) is 94.5 Å². The average molecular weight is 497 g/mol. The zero-order valence-electron chi connectivity index (χ0n) is 18.6. The summed E-state index contributed by atoms with van der Waals surface area (Å²) in [5.41, 5.74) is 3.36. The van der Waals surface area contributed by atoms with Crippen molar-refractivity contribution in [2.24, 2.45) is 0 Å². The van der Waals surface area contributed by atoms with E-state index in [-0.39, 0.29) is 23.3 Å². The Kier molecular flexibility index (Phi) is 7.49. The topological polar surface area (TPSA) is 69.0 Å². The molecule has 0 fully saturated rings. The van der Waals surface area contributed by atoms with Crippen LogP contribution in [0.25, 0.3) is 5.69 Å². The van der Waals surface area contributed by atoms with Gasteiger partial charge in [-0.25, -0.2) is 4.39 Å². The summed E-state index contributed by atoms with van der Waals surface area (Å²) in [5, 5.41) is 11.8. The van der Waals surface area contributed by atoms with Gasteiger partial charge in [-0.1, -0.05) is 59.8 Å². The number of carbonyl (C=O) groups excluding carboxylic acids is 1. The lowest BCUT2D eigenvalue weighted by Gasteiger charge is -2.13. The minimum Gasteiger partial charge on any atom is -0.485 e. The Bertz CT molecular complexity index is 1290. The van der Waals surface area contributed by atoms with Crippen LogP contribution in [0.3, 0.4) is 0 Å². The standard InChI is InChI=1S/C25H22ClFN4O2S/c1-16-7-6-8-17(2)24(16)33-14-22-29-30-25(31(22)19-9-4-3-5-10-19)34-15-23(32)28-18-11-12-21(27)20(26)13-18/h3-13H,14-15H2,1-2H3,(H,28,32). The maximum absolute atomic E-state index is 13.4. The summed E-state index contributed by atoms with van der Waals surface area (Å²) < 4.78 is 21.3. The van der Waals surface area contributed by atoms with E-state index >= 15 is 0 Å². The third-order valence-electron chi connectivity index (χ3n) is 5.00. The minimum absolute atomic E-state index is 0.0530.